The monoisotopic (exact) mass is 247 g/mol. The predicted molar refractivity (Wildman–Crippen MR) is 69.8 cm³/mol. The van der Waals surface area contributed by atoms with Crippen molar-refractivity contribution in [3.05, 3.63) is 35.8 Å². The van der Waals surface area contributed by atoms with Crippen LogP contribution in [0.1, 0.15) is 6.92 Å². The molecule has 0 fully saturated rings. The van der Waals surface area contributed by atoms with Gasteiger partial charge in [-0.15, -0.1) is 11.3 Å². The predicted octanol–water partition coefficient (Wildman–Crippen LogP) is 2.10. The van der Waals surface area contributed by atoms with Crippen LogP contribution in [0.2, 0.25) is 0 Å². The minimum atomic E-state index is -0.515. The Labute approximate surface area is 103 Å². The van der Waals surface area contributed by atoms with E-state index in [1.807, 2.05) is 29.6 Å². The lowest BCUT2D eigenvalue weighted by Crippen LogP contribution is -2.32. The number of hydrogen-bond acceptors (Lipinski definition) is 4. The largest absolute Gasteiger partial charge is 0.325 e. The van der Waals surface area contributed by atoms with E-state index >= 15 is 0 Å². The average molecular weight is 247 g/mol. The molecule has 1 aromatic heterocycles. The van der Waals surface area contributed by atoms with Gasteiger partial charge in [-0.05, 0) is 19.1 Å². The van der Waals surface area contributed by atoms with Crippen LogP contribution in [0.4, 0.5) is 5.69 Å². The van der Waals surface area contributed by atoms with Gasteiger partial charge in [0, 0.05) is 22.8 Å². The molecule has 1 atom stereocenters. The molecule has 3 N–H and O–H groups in total. The van der Waals surface area contributed by atoms with Crippen LogP contribution in [0.3, 0.4) is 0 Å². The molecule has 0 aliphatic rings. The Balaban J connectivity index is 2.20. The number of hydrogen-bond donors (Lipinski definition) is 2. The Bertz CT molecular complexity index is 508. The van der Waals surface area contributed by atoms with Crippen molar-refractivity contribution < 1.29 is 4.79 Å². The summed E-state index contributed by atoms with van der Waals surface area (Å²) < 4.78 is 0. The summed E-state index contributed by atoms with van der Waals surface area (Å²) in [7, 11) is 0. The van der Waals surface area contributed by atoms with Crippen molar-refractivity contribution in [2.75, 3.05) is 5.32 Å². The average Bonchev–Trinajstić information content (AvgIpc) is 2.82. The first-order chi connectivity index (χ1) is 8.16. The fourth-order valence-electron chi connectivity index (χ4n) is 1.35. The van der Waals surface area contributed by atoms with Crippen LogP contribution in [0.15, 0.2) is 35.8 Å². The van der Waals surface area contributed by atoms with Crippen LogP contribution in [0.5, 0.6) is 0 Å². The van der Waals surface area contributed by atoms with Gasteiger partial charge in [0.2, 0.25) is 5.91 Å². The molecule has 1 amide bonds. The molecule has 1 heterocycles. The van der Waals surface area contributed by atoms with Gasteiger partial charge in [0.15, 0.2) is 0 Å². The Kier molecular flexibility index (Phi) is 3.51. The molecule has 2 rings (SSSR count). The SMILES string of the molecule is C[C@H](N)C(=O)Nc1cccc(-c2nccs2)c1. The number of nitrogens with one attached hydrogen (secondary N) is 1. The highest BCUT2D eigenvalue weighted by molar-refractivity contribution is 7.13. The molecule has 0 spiro atoms. The molecule has 0 saturated carbocycles. The molecule has 0 aliphatic carbocycles. The van der Waals surface area contributed by atoms with Crippen molar-refractivity contribution in [1.29, 1.82) is 0 Å². The molecule has 0 saturated heterocycles. The molecule has 0 unspecified atom stereocenters. The minimum Gasteiger partial charge on any atom is -0.325 e. The Hall–Kier alpha value is -1.72. The smallest absolute Gasteiger partial charge is 0.240 e. The number of amides is 1. The van der Waals surface area contributed by atoms with Crippen LogP contribution >= 0.6 is 11.3 Å². The number of benzene rings is 1. The molecule has 88 valence electrons. The van der Waals surface area contributed by atoms with Gasteiger partial charge in [-0.2, -0.15) is 0 Å². The lowest BCUT2D eigenvalue weighted by Gasteiger charge is -2.08. The summed E-state index contributed by atoms with van der Waals surface area (Å²) in [6.07, 6.45) is 1.76. The Morgan fingerprint density at radius 2 is 2.35 bits per heavy atom. The van der Waals surface area contributed by atoms with Crippen LogP contribution in [-0.4, -0.2) is 16.9 Å². The lowest BCUT2D eigenvalue weighted by molar-refractivity contribution is -0.117. The van der Waals surface area contributed by atoms with Gasteiger partial charge in [-0.3, -0.25) is 4.79 Å². The van der Waals surface area contributed by atoms with Gasteiger partial charge in [0.05, 0.1) is 6.04 Å². The molecule has 0 radical (unpaired) electrons. The lowest BCUT2D eigenvalue weighted by atomic mass is 10.2. The van der Waals surface area contributed by atoms with Gasteiger partial charge in [0.25, 0.3) is 0 Å². The van der Waals surface area contributed by atoms with Crippen LogP contribution in [0.25, 0.3) is 10.6 Å². The fraction of sp³-hybridized carbons (Fsp3) is 0.167. The maximum absolute atomic E-state index is 11.5. The molecular formula is C12H13N3OS. The number of thiazole rings is 1. The van der Waals surface area contributed by atoms with E-state index in [4.69, 9.17) is 5.73 Å². The van der Waals surface area contributed by atoms with Crippen molar-refractivity contribution >= 4 is 22.9 Å². The zero-order valence-electron chi connectivity index (χ0n) is 9.38. The van der Waals surface area contributed by atoms with E-state index in [1.54, 1.807) is 24.5 Å². The zero-order valence-corrected chi connectivity index (χ0v) is 10.2. The van der Waals surface area contributed by atoms with Crippen molar-refractivity contribution in [2.24, 2.45) is 5.73 Å². The van der Waals surface area contributed by atoms with Crippen molar-refractivity contribution in [1.82, 2.24) is 4.98 Å². The van der Waals surface area contributed by atoms with E-state index in [-0.39, 0.29) is 5.91 Å². The van der Waals surface area contributed by atoms with Crippen LogP contribution < -0.4 is 11.1 Å². The number of carbonyl (C=O) groups is 1. The first-order valence-electron chi connectivity index (χ1n) is 5.23. The van der Waals surface area contributed by atoms with Gasteiger partial charge in [-0.25, -0.2) is 4.98 Å². The van der Waals surface area contributed by atoms with E-state index in [9.17, 15) is 4.79 Å². The molecule has 2 aromatic rings. The zero-order chi connectivity index (χ0) is 12.3. The highest BCUT2D eigenvalue weighted by atomic mass is 32.1. The minimum absolute atomic E-state index is 0.193. The number of nitrogens with two attached hydrogens (primary N) is 1. The first kappa shape index (κ1) is 11.8. The molecule has 17 heavy (non-hydrogen) atoms. The molecule has 4 nitrogen and oxygen atoms in total. The van der Waals surface area contributed by atoms with E-state index in [0.717, 1.165) is 16.3 Å². The third-order valence-corrected chi connectivity index (χ3v) is 3.05. The van der Waals surface area contributed by atoms with Gasteiger partial charge in [-0.1, -0.05) is 12.1 Å². The molecule has 0 aliphatic heterocycles. The van der Waals surface area contributed by atoms with E-state index in [1.165, 1.54) is 0 Å². The summed E-state index contributed by atoms with van der Waals surface area (Å²) >= 11 is 1.56. The van der Waals surface area contributed by atoms with Crippen molar-refractivity contribution in [2.45, 2.75) is 13.0 Å². The third kappa shape index (κ3) is 2.89. The number of nitrogens with zero attached hydrogens (tertiary/aromatic N) is 1. The van der Waals surface area contributed by atoms with Gasteiger partial charge < -0.3 is 11.1 Å². The number of rotatable bonds is 3. The summed E-state index contributed by atoms with van der Waals surface area (Å²) in [6, 6.07) is 7.04. The molecule has 5 heteroatoms. The Morgan fingerprint density at radius 1 is 1.53 bits per heavy atom. The van der Waals surface area contributed by atoms with Gasteiger partial charge in [0.1, 0.15) is 5.01 Å². The third-order valence-electron chi connectivity index (χ3n) is 2.22. The maximum Gasteiger partial charge on any atom is 0.240 e. The summed E-state index contributed by atoms with van der Waals surface area (Å²) in [5, 5.41) is 5.61. The summed E-state index contributed by atoms with van der Waals surface area (Å²) in [4.78, 5) is 15.7. The highest BCUT2D eigenvalue weighted by Gasteiger charge is 2.08. The van der Waals surface area contributed by atoms with E-state index < -0.39 is 6.04 Å². The summed E-state index contributed by atoms with van der Waals surface area (Å²) in [5.41, 5.74) is 7.22. The first-order valence-corrected chi connectivity index (χ1v) is 6.11. The fourth-order valence-corrected chi connectivity index (χ4v) is 1.99. The van der Waals surface area contributed by atoms with Crippen molar-refractivity contribution in [3.8, 4) is 10.6 Å². The normalized spacial score (nSPS) is 12.1. The molecule has 0 bridgehead atoms. The molecule has 1 aromatic carbocycles. The number of anilines is 1. The second kappa shape index (κ2) is 5.07. The van der Waals surface area contributed by atoms with Crippen molar-refractivity contribution in [3.63, 3.8) is 0 Å². The summed E-state index contributed by atoms with van der Waals surface area (Å²) in [6.45, 7) is 1.65. The van der Waals surface area contributed by atoms with Crippen LogP contribution in [0, 0.1) is 0 Å². The van der Waals surface area contributed by atoms with Crippen LogP contribution in [-0.2, 0) is 4.79 Å². The number of carbonyl (C=O) groups excluding carboxylic acids is 1. The summed E-state index contributed by atoms with van der Waals surface area (Å²) in [5.74, 6) is -0.193. The second-order valence-corrected chi connectivity index (χ2v) is 4.59. The van der Waals surface area contributed by atoms with E-state index in [2.05, 4.69) is 10.3 Å². The maximum atomic E-state index is 11.5. The second-order valence-electron chi connectivity index (χ2n) is 3.70. The standard InChI is InChI=1S/C12H13N3OS/c1-8(13)11(16)15-10-4-2-3-9(7-10)12-14-5-6-17-12/h2-8H,13H2,1H3,(H,15,16)/t8-/m0/s1. The topological polar surface area (TPSA) is 68.0 Å². The number of aromatic nitrogens is 1. The Morgan fingerprint density at radius 3 is 3.00 bits per heavy atom. The van der Waals surface area contributed by atoms with Gasteiger partial charge >= 0.3 is 0 Å². The highest BCUT2D eigenvalue weighted by Crippen LogP contribution is 2.24. The van der Waals surface area contributed by atoms with E-state index in [0.29, 0.717) is 0 Å². The quantitative estimate of drug-likeness (QED) is 0.872. The molecular weight excluding hydrogens is 234 g/mol.